The molecule has 2 N–H and O–H groups in total. The van der Waals surface area contributed by atoms with Crippen LogP contribution in [0.5, 0.6) is 0 Å². The van der Waals surface area contributed by atoms with Gasteiger partial charge in [0.2, 0.25) is 10.0 Å². The van der Waals surface area contributed by atoms with Crippen molar-refractivity contribution in [1.29, 1.82) is 0 Å². The van der Waals surface area contributed by atoms with E-state index in [1.165, 1.54) is 0 Å². The number of amides is 2. The van der Waals surface area contributed by atoms with Gasteiger partial charge >= 0.3 is 11.8 Å². The van der Waals surface area contributed by atoms with E-state index in [4.69, 9.17) is 0 Å². The number of carbonyl (C=O) groups is 2. The second-order valence-corrected chi connectivity index (χ2v) is 11.0. The zero-order chi connectivity index (χ0) is 24.9. The van der Waals surface area contributed by atoms with E-state index in [0.717, 1.165) is 47.1 Å². The summed E-state index contributed by atoms with van der Waals surface area (Å²) in [5.74, 6) is -1.40. The van der Waals surface area contributed by atoms with Crippen LogP contribution >= 0.6 is 0 Å². The minimum Gasteiger partial charge on any atom is -0.348 e. The topological polar surface area (TPSA) is 95.6 Å². The second kappa shape index (κ2) is 11.1. The number of benzene rings is 2. The van der Waals surface area contributed by atoms with Crippen LogP contribution < -0.4 is 10.6 Å². The highest BCUT2D eigenvalue weighted by molar-refractivity contribution is 7.89. The predicted octanol–water partition coefficient (Wildman–Crippen LogP) is 3.29. The molecule has 2 aromatic carbocycles. The number of piperidine rings is 1. The van der Waals surface area contributed by atoms with E-state index < -0.39 is 21.8 Å². The van der Waals surface area contributed by atoms with E-state index in [1.54, 1.807) is 4.31 Å². The lowest BCUT2D eigenvalue weighted by molar-refractivity contribution is -0.139. The van der Waals surface area contributed by atoms with Gasteiger partial charge in [0.05, 0.1) is 4.90 Å². The van der Waals surface area contributed by atoms with E-state index in [1.807, 2.05) is 64.1 Å². The molecule has 0 aromatic heterocycles. The van der Waals surface area contributed by atoms with Gasteiger partial charge in [-0.25, -0.2) is 8.42 Å². The molecule has 2 amide bonds. The molecule has 0 spiro atoms. The molecule has 1 aliphatic rings. The van der Waals surface area contributed by atoms with Crippen molar-refractivity contribution in [3.63, 3.8) is 0 Å². The van der Waals surface area contributed by atoms with Crippen LogP contribution in [0.4, 0.5) is 0 Å². The van der Waals surface area contributed by atoms with Gasteiger partial charge < -0.3 is 10.6 Å². The molecule has 1 heterocycles. The molecule has 0 radical (unpaired) electrons. The summed E-state index contributed by atoms with van der Waals surface area (Å²) in [6, 6.07) is 11.3. The molecule has 1 aliphatic heterocycles. The molecule has 34 heavy (non-hydrogen) atoms. The molecular formula is C26H35N3O4S. The normalized spacial score (nSPS) is 16.8. The third-order valence-electron chi connectivity index (χ3n) is 6.29. The minimum absolute atomic E-state index is 0.213. The molecular weight excluding hydrogens is 450 g/mol. The fourth-order valence-electron chi connectivity index (χ4n) is 4.67. The molecule has 0 bridgehead atoms. The zero-order valence-electron chi connectivity index (χ0n) is 20.5. The minimum atomic E-state index is -3.66. The number of nitrogens with zero attached hydrogens (tertiary/aromatic N) is 1. The number of aryl methyl sites for hydroxylation is 4. The van der Waals surface area contributed by atoms with E-state index in [-0.39, 0.29) is 19.1 Å². The maximum absolute atomic E-state index is 13.6. The first-order chi connectivity index (χ1) is 16.1. The van der Waals surface area contributed by atoms with Gasteiger partial charge in [-0.2, -0.15) is 4.31 Å². The van der Waals surface area contributed by atoms with Crippen LogP contribution in [0.1, 0.15) is 53.5 Å². The van der Waals surface area contributed by atoms with Crippen LogP contribution in [0, 0.1) is 27.7 Å². The van der Waals surface area contributed by atoms with Crippen molar-refractivity contribution in [3.8, 4) is 0 Å². The number of sulfonamides is 1. The van der Waals surface area contributed by atoms with Gasteiger partial charge in [-0.05, 0) is 63.6 Å². The molecule has 3 rings (SSSR count). The predicted molar refractivity (Wildman–Crippen MR) is 133 cm³/mol. The standard InChI is InChI=1S/C26H35N3O4S/c1-18-8-10-22(11-9-18)17-28-26(31)25(30)27-13-12-23-7-5-6-14-29(23)34(32,33)24-20(3)15-19(2)16-21(24)4/h8-11,15-16,23H,5-7,12-14,17H2,1-4H3,(H,27,30)(H,28,31). The van der Waals surface area contributed by atoms with E-state index in [9.17, 15) is 18.0 Å². The van der Waals surface area contributed by atoms with Crippen molar-refractivity contribution in [2.75, 3.05) is 13.1 Å². The third-order valence-corrected chi connectivity index (χ3v) is 8.55. The monoisotopic (exact) mass is 485 g/mol. The molecule has 1 fully saturated rings. The van der Waals surface area contributed by atoms with Crippen molar-refractivity contribution < 1.29 is 18.0 Å². The maximum Gasteiger partial charge on any atom is 0.309 e. The first kappa shape index (κ1) is 25.9. The summed E-state index contributed by atoms with van der Waals surface area (Å²) in [5.41, 5.74) is 4.57. The Morgan fingerprint density at radius 2 is 1.53 bits per heavy atom. The molecule has 1 atom stereocenters. The van der Waals surface area contributed by atoms with Gasteiger partial charge in [0.15, 0.2) is 0 Å². The molecule has 1 unspecified atom stereocenters. The zero-order valence-corrected chi connectivity index (χ0v) is 21.3. The smallest absolute Gasteiger partial charge is 0.309 e. The summed E-state index contributed by atoms with van der Waals surface area (Å²) >= 11 is 0. The summed E-state index contributed by atoms with van der Waals surface area (Å²) in [4.78, 5) is 24.8. The van der Waals surface area contributed by atoms with Gasteiger partial charge in [0, 0.05) is 25.7 Å². The lowest BCUT2D eigenvalue weighted by Crippen LogP contribution is -2.46. The highest BCUT2D eigenvalue weighted by atomic mass is 32.2. The van der Waals surface area contributed by atoms with Crippen LogP contribution in [-0.4, -0.2) is 43.7 Å². The van der Waals surface area contributed by atoms with Crippen molar-refractivity contribution in [2.24, 2.45) is 0 Å². The Labute approximate surface area is 203 Å². The summed E-state index contributed by atoms with van der Waals surface area (Å²) in [5, 5.41) is 5.27. The average molecular weight is 486 g/mol. The van der Waals surface area contributed by atoms with E-state index >= 15 is 0 Å². The Morgan fingerprint density at radius 3 is 2.18 bits per heavy atom. The highest BCUT2D eigenvalue weighted by Gasteiger charge is 2.35. The number of hydrogen-bond donors (Lipinski definition) is 2. The third kappa shape index (κ3) is 6.24. The molecule has 1 saturated heterocycles. The van der Waals surface area contributed by atoms with Gasteiger partial charge in [-0.3, -0.25) is 9.59 Å². The van der Waals surface area contributed by atoms with Crippen LogP contribution in [0.2, 0.25) is 0 Å². The Hall–Kier alpha value is -2.71. The Balaban J connectivity index is 1.58. The number of nitrogens with one attached hydrogen (secondary N) is 2. The first-order valence-corrected chi connectivity index (χ1v) is 13.2. The molecule has 7 nitrogen and oxygen atoms in total. The van der Waals surface area contributed by atoms with Crippen molar-refractivity contribution in [1.82, 2.24) is 14.9 Å². The molecule has 8 heteroatoms. The lowest BCUT2D eigenvalue weighted by atomic mass is 10.0. The van der Waals surface area contributed by atoms with Crippen LogP contribution in [0.3, 0.4) is 0 Å². The number of carbonyl (C=O) groups excluding carboxylic acids is 2. The molecule has 0 aliphatic carbocycles. The van der Waals surface area contributed by atoms with Crippen LogP contribution in [-0.2, 0) is 26.2 Å². The summed E-state index contributed by atoms with van der Waals surface area (Å²) in [6.07, 6.45) is 2.94. The van der Waals surface area contributed by atoms with E-state index in [2.05, 4.69) is 10.6 Å². The molecule has 184 valence electrons. The fourth-order valence-corrected chi connectivity index (χ4v) is 6.81. The number of rotatable bonds is 7. The summed E-state index contributed by atoms with van der Waals surface area (Å²) in [7, 11) is -3.66. The first-order valence-electron chi connectivity index (χ1n) is 11.8. The molecule has 0 saturated carbocycles. The van der Waals surface area contributed by atoms with Crippen molar-refractivity contribution >= 4 is 21.8 Å². The Morgan fingerprint density at radius 1 is 0.912 bits per heavy atom. The highest BCUT2D eigenvalue weighted by Crippen LogP contribution is 2.31. The van der Waals surface area contributed by atoms with Crippen molar-refractivity contribution in [2.45, 2.75) is 70.9 Å². The van der Waals surface area contributed by atoms with Gasteiger partial charge in [-0.1, -0.05) is 53.9 Å². The quantitative estimate of drug-likeness (QED) is 0.589. The SMILES string of the molecule is Cc1ccc(CNC(=O)C(=O)NCCC2CCCCN2S(=O)(=O)c2c(C)cc(C)cc2C)cc1. The second-order valence-electron chi connectivity index (χ2n) is 9.21. The average Bonchev–Trinajstić information content (AvgIpc) is 2.77. The Kier molecular flexibility index (Phi) is 8.49. The fraction of sp³-hybridized carbons (Fsp3) is 0.462. The molecule has 2 aromatic rings. The lowest BCUT2D eigenvalue weighted by Gasteiger charge is -2.35. The summed E-state index contributed by atoms with van der Waals surface area (Å²) < 4.78 is 28.7. The maximum atomic E-state index is 13.6. The van der Waals surface area contributed by atoms with Crippen LogP contribution in [0.15, 0.2) is 41.3 Å². The Bertz CT molecular complexity index is 1120. The summed E-state index contributed by atoms with van der Waals surface area (Å²) in [6.45, 7) is 8.58. The van der Waals surface area contributed by atoms with Gasteiger partial charge in [-0.15, -0.1) is 0 Å². The largest absolute Gasteiger partial charge is 0.348 e. The van der Waals surface area contributed by atoms with Gasteiger partial charge in [0.1, 0.15) is 0 Å². The van der Waals surface area contributed by atoms with Gasteiger partial charge in [0.25, 0.3) is 0 Å². The number of hydrogen-bond acceptors (Lipinski definition) is 4. The van der Waals surface area contributed by atoms with E-state index in [0.29, 0.717) is 17.9 Å². The van der Waals surface area contributed by atoms with Crippen LogP contribution in [0.25, 0.3) is 0 Å². The van der Waals surface area contributed by atoms with Crippen molar-refractivity contribution in [3.05, 3.63) is 64.2 Å².